The predicted octanol–water partition coefficient (Wildman–Crippen LogP) is 3.05. The Labute approximate surface area is 199 Å². The SMILES string of the molecule is Cc1cccc(C[C@H](NC(=O)[C@H](Cc2ccccc2)NC(=O)OCc2ccccc2)C(N)=O)c1. The van der Waals surface area contributed by atoms with Crippen LogP contribution in [0.3, 0.4) is 0 Å². The van der Waals surface area contributed by atoms with Crippen molar-refractivity contribution in [3.63, 3.8) is 0 Å². The number of amides is 3. The number of hydrogen-bond acceptors (Lipinski definition) is 4. The van der Waals surface area contributed by atoms with E-state index in [-0.39, 0.29) is 19.4 Å². The van der Waals surface area contributed by atoms with Crippen LogP contribution in [0.5, 0.6) is 0 Å². The van der Waals surface area contributed by atoms with Crippen LogP contribution in [0, 0.1) is 6.92 Å². The van der Waals surface area contributed by atoms with Crippen molar-refractivity contribution in [2.75, 3.05) is 0 Å². The van der Waals surface area contributed by atoms with Crippen LogP contribution in [0.15, 0.2) is 84.9 Å². The van der Waals surface area contributed by atoms with Gasteiger partial charge in [-0.05, 0) is 23.6 Å². The molecule has 0 aliphatic heterocycles. The fraction of sp³-hybridized carbons (Fsp3) is 0.222. The van der Waals surface area contributed by atoms with Crippen LogP contribution in [0.25, 0.3) is 0 Å². The van der Waals surface area contributed by atoms with E-state index >= 15 is 0 Å². The van der Waals surface area contributed by atoms with Gasteiger partial charge in [0.25, 0.3) is 0 Å². The summed E-state index contributed by atoms with van der Waals surface area (Å²) in [6, 6.07) is 24.3. The normalized spacial score (nSPS) is 12.3. The highest BCUT2D eigenvalue weighted by Gasteiger charge is 2.26. The van der Waals surface area contributed by atoms with E-state index in [1.165, 1.54) is 0 Å². The zero-order valence-corrected chi connectivity index (χ0v) is 19.1. The fourth-order valence-corrected chi connectivity index (χ4v) is 3.54. The molecule has 7 heteroatoms. The maximum atomic E-state index is 13.1. The van der Waals surface area contributed by atoms with E-state index in [0.29, 0.717) is 0 Å². The minimum absolute atomic E-state index is 0.0730. The number of primary amides is 1. The van der Waals surface area contributed by atoms with Crippen LogP contribution < -0.4 is 16.4 Å². The maximum absolute atomic E-state index is 13.1. The quantitative estimate of drug-likeness (QED) is 0.433. The Morgan fingerprint density at radius 3 is 1.97 bits per heavy atom. The second-order valence-electron chi connectivity index (χ2n) is 8.11. The molecule has 2 atom stereocenters. The monoisotopic (exact) mass is 459 g/mol. The number of ether oxygens (including phenoxy) is 1. The Bertz CT molecular complexity index is 1100. The van der Waals surface area contributed by atoms with Crippen LogP contribution >= 0.6 is 0 Å². The van der Waals surface area contributed by atoms with Crippen LogP contribution in [0.1, 0.15) is 22.3 Å². The van der Waals surface area contributed by atoms with E-state index in [9.17, 15) is 14.4 Å². The summed E-state index contributed by atoms with van der Waals surface area (Å²) in [5.41, 5.74) is 9.16. The molecule has 0 aromatic heterocycles. The van der Waals surface area contributed by atoms with Gasteiger partial charge in [0, 0.05) is 12.8 Å². The molecule has 3 aromatic carbocycles. The largest absolute Gasteiger partial charge is 0.445 e. The highest BCUT2D eigenvalue weighted by atomic mass is 16.5. The fourth-order valence-electron chi connectivity index (χ4n) is 3.54. The highest BCUT2D eigenvalue weighted by molar-refractivity contribution is 5.91. The number of nitrogens with two attached hydrogens (primary N) is 1. The Morgan fingerprint density at radius 1 is 0.765 bits per heavy atom. The van der Waals surface area contributed by atoms with E-state index in [2.05, 4.69) is 10.6 Å². The summed E-state index contributed by atoms with van der Waals surface area (Å²) in [5.74, 6) is -1.17. The first-order valence-electron chi connectivity index (χ1n) is 11.1. The smallest absolute Gasteiger partial charge is 0.408 e. The summed E-state index contributed by atoms with van der Waals surface area (Å²) in [5, 5.41) is 5.33. The summed E-state index contributed by atoms with van der Waals surface area (Å²) in [4.78, 5) is 37.7. The Morgan fingerprint density at radius 2 is 1.35 bits per heavy atom. The number of alkyl carbamates (subject to hydrolysis) is 1. The molecule has 7 nitrogen and oxygen atoms in total. The summed E-state index contributed by atoms with van der Waals surface area (Å²) < 4.78 is 5.29. The lowest BCUT2D eigenvalue weighted by atomic mass is 10.0. The van der Waals surface area contributed by atoms with Crippen molar-refractivity contribution in [3.8, 4) is 0 Å². The van der Waals surface area contributed by atoms with Gasteiger partial charge in [0.1, 0.15) is 18.7 Å². The van der Waals surface area contributed by atoms with Gasteiger partial charge in [-0.1, -0.05) is 90.5 Å². The minimum Gasteiger partial charge on any atom is -0.445 e. The van der Waals surface area contributed by atoms with Crippen molar-refractivity contribution in [1.29, 1.82) is 0 Å². The summed E-state index contributed by atoms with van der Waals surface area (Å²) in [6.45, 7) is 2.02. The molecular formula is C27H29N3O4. The van der Waals surface area contributed by atoms with Crippen molar-refractivity contribution in [2.45, 2.75) is 38.5 Å². The van der Waals surface area contributed by atoms with Crippen LogP contribution in [-0.2, 0) is 33.8 Å². The third kappa shape index (κ3) is 7.78. The van der Waals surface area contributed by atoms with Gasteiger partial charge < -0.3 is 21.1 Å². The van der Waals surface area contributed by atoms with Crippen LogP contribution in [-0.4, -0.2) is 30.0 Å². The first-order chi connectivity index (χ1) is 16.4. The summed E-state index contributed by atoms with van der Waals surface area (Å²) in [7, 11) is 0. The average molecular weight is 460 g/mol. The lowest BCUT2D eigenvalue weighted by molar-refractivity contribution is -0.128. The van der Waals surface area contributed by atoms with Crippen molar-refractivity contribution in [1.82, 2.24) is 10.6 Å². The van der Waals surface area contributed by atoms with E-state index in [4.69, 9.17) is 10.5 Å². The Kier molecular flexibility index (Phi) is 8.80. The molecule has 0 saturated heterocycles. The number of carbonyl (C=O) groups excluding carboxylic acids is 3. The second-order valence-corrected chi connectivity index (χ2v) is 8.11. The van der Waals surface area contributed by atoms with Gasteiger partial charge >= 0.3 is 6.09 Å². The molecule has 34 heavy (non-hydrogen) atoms. The molecule has 176 valence electrons. The van der Waals surface area contributed by atoms with Gasteiger partial charge in [-0.3, -0.25) is 9.59 Å². The van der Waals surface area contributed by atoms with E-state index < -0.39 is 30.0 Å². The summed E-state index contributed by atoms with van der Waals surface area (Å²) in [6.07, 6.45) is -0.253. The number of nitrogens with one attached hydrogen (secondary N) is 2. The molecule has 3 amide bonds. The van der Waals surface area contributed by atoms with Gasteiger partial charge in [0.05, 0.1) is 0 Å². The standard InChI is InChI=1S/C27H29N3O4/c1-19-9-8-14-22(15-19)17-23(25(28)31)29-26(32)24(16-20-10-4-2-5-11-20)30-27(33)34-18-21-12-6-3-7-13-21/h2-15,23-24H,16-18H2,1H3,(H2,28,31)(H,29,32)(H,30,33)/t23-,24-/m0/s1. The Hall–Kier alpha value is -4.13. The van der Waals surface area contributed by atoms with Crippen LogP contribution in [0.4, 0.5) is 4.79 Å². The van der Waals surface area contributed by atoms with Crippen LogP contribution in [0.2, 0.25) is 0 Å². The third-order valence-electron chi connectivity index (χ3n) is 5.29. The van der Waals surface area contributed by atoms with Crippen molar-refractivity contribution in [2.24, 2.45) is 5.73 Å². The van der Waals surface area contributed by atoms with Gasteiger partial charge in [-0.2, -0.15) is 0 Å². The molecule has 0 radical (unpaired) electrons. The lowest BCUT2D eigenvalue weighted by Crippen LogP contribution is -2.54. The molecular weight excluding hydrogens is 430 g/mol. The number of carbonyl (C=O) groups is 3. The third-order valence-corrected chi connectivity index (χ3v) is 5.29. The molecule has 4 N–H and O–H groups in total. The zero-order chi connectivity index (χ0) is 24.3. The maximum Gasteiger partial charge on any atom is 0.408 e. The zero-order valence-electron chi connectivity index (χ0n) is 19.1. The number of aryl methyl sites for hydroxylation is 1. The topological polar surface area (TPSA) is 111 Å². The first kappa shape index (κ1) is 24.5. The molecule has 0 spiro atoms. The second kappa shape index (κ2) is 12.2. The number of hydrogen-bond donors (Lipinski definition) is 3. The van der Waals surface area contributed by atoms with Gasteiger partial charge in [-0.15, -0.1) is 0 Å². The van der Waals surface area contributed by atoms with E-state index in [0.717, 1.165) is 22.3 Å². The molecule has 3 rings (SSSR count). The molecule has 0 saturated carbocycles. The highest BCUT2D eigenvalue weighted by Crippen LogP contribution is 2.09. The molecule has 0 fully saturated rings. The first-order valence-corrected chi connectivity index (χ1v) is 11.1. The van der Waals surface area contributed by atoms with Crippen molar-refractivity contribution in [3.05, 3.63) is 107 Å². The molecule has 0 unspecified atom stereocenters. The van der Waals surface area contributed by atoms with Gasteiger partial charge in [-0.25, -0.2) is 4.79 Å². The molecule has 3 aromatic rings. The van der Waals surface area contributed by atoms with Gasteiger partial charge in [0.2, 0.25) is 11.8 Å². The van der Waals surface area contributed by atoms with Crippen molar-refractivity contribution < 1.29 is 19.1 Å². The molecule has 0 bridgehead atoms. The van der Waals surface area contributed by atoms with Crippen molar-refractivity contribution >= 4 is 17.9 Å². The summed E-state index contributed by atoms with van der Waals surface area (Å²) >= 11 is 0. The Balaban J connectivity index is 1.69. The predicted molar refractivity (Wildman–Crippen MR) is 130 cm³/mol. The van der Waals surface area contributed by atoms with E-state index in [1.54, 1.807) is 0 Å². The molecule has 0 aliphatic rings. The van der Waals surface area contributed by atoms with Gasteiger partial charge in [0.15, 0.2) is 0 Å². The number of benzene rings is 3. The van der Waals surface area contributed by atoms with E-state index in [1.807, 2.05) is 91.9 Å². The average Bonchev–Trinajstić information content (AvgIpc) is 2.83. The lowest BCUT2D eigenvalue weighted by Gasteiger charge is -2.22. The minimum atomic E-state index is -0.954. The molecule has 0 aliphatic carbocycles. The molecule has 0 heterocycles. The number of rotatable bonds is 10.